The van der Waals surface area contributed by atoms with Crippen LogP contribution in [0, 0.1) is 0 Å². The second-order valence-corrected chi connectivity index (χ2v) is 9.12. The van der Waals surface area contributed by atoms with Crippen molar-refractivity contribution in [2.24, 2.45) is 0 Å². The normalized spacial score (nSPS) is 13.2. The Morgan fingerprint density at radius 1 is 0.906 bits per heavy atom. The van der Waals surface area contributed by atoms with E-state index in [9.17, 15) is 13.2 Å². The SMILES string of the molecule is CCOc1ccc(S(=O)(=O)N[C@H](Cc2ccccc2)C(=O)N[C@H](C)c2ccccc2)cc1. The smallest absolute Gasteiger partial charge is 0.241 e. The van der Waals surface area contributed by atoms with Crippen molar-refractivity contribution in [1.29, 1.82) is 0 Å². The fourth-order valence-corrected chi connectivity index (χ4v) is 4.51. The number of rotatable bonds is 10. The molecule has 0 aromatic heterocycles. The van der Waals surface area contributed by atoms with E-state index in [0.29, 0.717) is 12.4 Å². The monoisotopic (exact) mass is 452 g/mol. The van der Waals surface area contributed by atoms with Crippen LogP contribution in [0.1, 0.15) is 31.0 Å². The number of carbonyl (C=O) groups excluding carboxylic acids is 1. The Bertz CT molecular complexity index is 1100. The molecule has 7 heteroatoms. The first kappa shape index (κ1) is 23.5. The minimum atomic E-state index is -3.92. The van der Waals surface area contributed by atoms with Gasteiger partial charge in [-0.1, -0.05) is 60.7 Å². The molecule has 0 unspecified atom stereocenters. The summed E-state index contributed by atoms with van der Waals surface area (Å²) < 4.78 is 34.0. The van der Waals surface area contributed by atoms with E-state index in [4.69, 9.17) is 4.74 Å². The van der Waals surface area contributed by atoms with Gasteiger partial charge in [0.25, 0.3) is 0 Å². The van der Waals surface area contributed by atoms with Gasteiger partial charge in [-0.3, -0.25) is 4.79 Å². The van der Waals surface area contributed by atoms with E-state index in [-0.39, 0.29) is 23.3 Å². The number of sulfonamides is 1. The number of carbonyl (C=O) groups is 1. The molecule has 32 heavy (non-hydrogen) atoms. The lowest BCUT2D eigenvalue weighted by molar-refractivity contribution is -0.123. The summed E-state index contributed by atoms with van der Waals surface area (Å²) in [6.45, 7) is 4.21. The number of ether oxygens (including phenoxy) is 1. The van der Waals surface area contributed by atoms with Gasteiger partial charge in [0.05, 0.1) is 17.5 Å². The molecular weight excluding hydrogens is 424 g/mol. The quantitative estimate of drug-likeness (QED) is 0.489. The maximum Gasteiger partial charge on any atom is 0.241 e. The average molecular weight is 453 g/mol. The van der Waals surface area contributed by atoms with Gasteiger partial charge in [-0.15, -0.1) is 0 Å². The highest BCUT2D eigenvalue weighted by Crippen LogP contribution is 2.18. The number of amides is 1. The van der Waals surface area contributed by atoms with Crippen LogP contribution in [0.2, 0.25) is 0 Å². The Labute approximate surface area is 189 Å². The lowest BCUT2D eigenvalue weighted by atomic mass is 10.0. The number of hydrogen-bond donors (Lipinski definition) is 2. The highest BCUT2D eigenvalue weighted by molar-refractivity contribution is 7.89. The molecule has 0 saturated carbocycles. The summed E-state index contributed by atoms with van der Waals surface area (Å²) in [5.74, 6) is 0.196. The van der Waals surface area contributed by atoms with E-state index < -0.39 is 16.1 Å². The standard InChI is InChI=1S/C25H28N2O4S/c1-3-31-22-14-16-23(17-15-22)32(29,30)27-24(18-20-10-6-4-7-11-20)25(28)26-19(2)21-12-8-5-9-13-21/h4-17,19,24,27H,3,18H2,1-2H3,(H,26,28)/t19-,24-/m1/s1. The first-order chi connectivity index (χ1) is 15.4. The van der Waals surface area contributed by atoms with Gasteiger partial charge in [0.15, 0.2) is 0 Å². The van der Waals surface area contributed by atoms with E-state index in [1.165, 1.54) is 12.1 Å². The van der Waals surface area contributed by atoms with E-state index in [1.807, 2.05) is 74.5 Å². The third-order valence-corrected chi connectivity index (χ3v) is 6.49. The zero-order chi connectivity index (χ0) is 23.0. The summed E-state index contributed by atoms with van der Waals surface area (Å²) in [5.41, 5.74) is 1.79. The fraction of sp³-hybridized carbons (Fsp3) is 0.240. The molecule has 0 fully saturated rings. The van der Waals surface area contributed by atoms with Gasteiger partial charge in [0, 0.05) is 0 Å². The van der Waals surface area contributed by atoms with E-state index in [1.54, 1.807) is 12.1 Å². The lowest BCUT2D eigenvalue weighted by Crippen LogP contribution is -2.48. The van der Waals surface area contributed by atoms with Crippen LogP contribution >= 0.6 is 0 Å². The number of benzene rings is 3. The Hall–Kier alpha value is -3.16. The van der Waals surface area contributed by atoms with Gasteiger partial charge in [-0.05, 0) is 55.7 Å². The van der Waals surface area contributed by atoms with Crippen molar-refractivity contribution in [1.82, 2.24) is 10.0 Å². The minimum Gasteiger partial charge on any atom is -0.494 e. The molecule has 3 rings (SSSR count). The number of nitrogens with one attached hydrogen (secondary N) is 2. The molecule has 2 atom stereocenters. The van der Waals surface area contributed by atoms with Crippen LogP contribution in [0.15, 0.2) is 89.8 Å². The lowest BCUT2D eigenvalue weighted by Gasteiger charge is -2.22. The van der Waals surface area contributed by atoms with E-state index in [0.717, 1.165) is 11.1 Å². The molecule has 0 aliphatic heterocycles. The summed E-state index contributed by atoms with van der Waals surface area (Å²) in [7, 11) is -3.92. The van der Waals surface area contributed by atoms with Crippen molar-refractivity contribution in [3.8, 4) is 5.75 Å². The molecule has 0 bridgehead atoms. The van der Waals surface area contributed by atoms with Gasteiger partial charge < -0.3 is 10.1 Å². The Morgan fingerprint density at radius 2 is 1.50 bits per heavy atom. The molecule has 0 aliphatic carbocycles. The van der Waals surface area contributed by atoms with Crippen LogP contribution in [0.4, 0.5) is 0 Å². The van der Waals surface area contributed by atoms with Crippen LogP contribution in [0.5, 0.6) is 5.75 Å². The topological polar surface area (TPSA) is 84.5 Å². The molecule has 1 amide bonds. The third kappa shape index (κ3) is 6.42. The van der Waals surface area contributed by atoms with Crippen molar-refractivity contribution in [2.75, 3.05) is 6.61 Å². The molecule has 0 saturated heterocycles. The Kier molecular flexibility index (Phi) is 8.03. The van der Waals surface area contributed by atoms with Gasteiger partial charge in [0.1, 0.15) is 11.8 Å². The van der Waals surface area contributed by atoms with Crippen LogP contribution < -0.4 is 14.8 Å². The highest BCUT2D eigenvalue weighted by Gasteiger charge is 2.27. The van der Waals surface area contributed by atoms with Crippen molar-refractivity contribution in [3.05, 3.63) is 96.1 Å². The van der Waals surface area contributed by atoms with Crippen LogP contribution in [-0.2, 0) is 21.2 Å². The number of hydrogen-bond acceptors (Lipinski definition) is 4. The fourth-order valence-electron chi connectivity index (χ4n) is 3.31. The van der Waals surface area contributed by atoms with Gasteiger partial charge in [-0.2, -0.15) is 4.72 Å². The van der Waals surface area contributed by atoms with E-state index >= 15 is 0 Å². The summed E-state index contributed by atoms with van der Waals surface area (Å²) in [4.78, 5) is 13.2. The molecule has 0 radical (unpaired) electrons. The van der Waals surface area contributed by atoms with Gasteiger partial charge in [0.2, 0.25) is 15.9 Å². The molecule has 0 aliphatic rings. The highest BCUT2D eigenvalue weighted by atomic mass is 32.2. The van der Waals surface area contributed by atoms with Gasteiger partial charge in [-0.25, -0.2) is 8.42 Å². The molecule has 0 spiro atoms. The summed E-state index contributed by atoms with van der Waals surface area (Å²) in [6.07, 6.45) is 0.227. The largest absolute Gasteiger partial charge is 0.494 e. The molecule has 3 aromatic rings. The molecule has 0 heterocycles. The van der Waals surface area contributed by atoms with Gasteiger partial charge >= 0.3 is 0 Å². The predicted molar refractivity (Wildman–Crippen MR) is 125 cm³/mol. The van der Waals surface area contributed by atoms with Crippen LogP contribution in [-0.4, -0.2) is 27.0 Å². The van der Waals surface area contributed by atoms with Crippen molar-refractivity contribution in [3.63, 3.8) is 0 Å². The maximum absolute atomic E-state index is 13.1. The van der Waals surface area contributed by atoms with E-state index in [2.05, 4.69) is 10.0 Å². The summed E-state index contributed by atoms with van der Waals surface area (Å²) >= 11 is 0. The molecule has 168 valence electrons. The Balaban J connectivity index is 1.80. The molecule has 2 N–H and O–H groups in total. The predicted octanol–water partition coefficient (Wildman–Crippen LogP) is 3.85. The van der Waals surface area contributed by atoms with Crippen molar-refractivity contribution in [2.45, 2.75) is 37.2 Å². The van der Waals surface area contributed by atoms with Crippen LogP contribution in [0.25, 0.3) is 0 Å². The second-order valence-electron chi connectivity index (χ2n) is 7.41. The average Bonchev–Trinajstić information content (AvgIpc) is 2.80. The first-order valence-corrected chi connectivity index (χ1v) is 12.0. The second kappa shape index (κ2) is 10.9. The minimum absolute atomic E-state index is 0.0722. The molecular formula is C25H28N2O4S. The van der Waals surface area contributed by atoms with Crippen LogP contribution in [0.3, 0.4) is 0 Å². The zero-order valence-electron chi connectivity index (χ0n) is 18.2. The maximum atomic E-state index is 13.1. The summed E-state index contributed by atoms with van der Waals surface area (Å²) in [6, 6.07) is 23.8. The zero-order valence-corrected chi connectivity index (χ0v) is 19.0. The third-order valence-electron chi connectivity index (χ3n) is 5.00. The Morgan fingerprint density at radius 3 is 2.09 bits per heavy atom. The molecule has 3 aromatic carbocycles. The summed E-state index contributed by atoms with van der Waals surface area (Å²) in [5, 5.41) is 2.93. The molecule has 6 nitrogen and oxygen atoms in total. The first-order valence-electron chi connectivity index (χ1n) is 10.5. The van der Waals surface area contributed by atoms with Crippen molar-refractivity contribution < 1.29 is 17.9 Å². The van der Waals surface area contributed by atoms with Crippen molar-refractivity contribution >= 4 is 15.9 Å².